The predicted molar refractivity (Wildman–Crippen MR) is 118 cm³/mol. The van der Waals surface area contributed by atoms with Crippen LogP contribution >= 0.6 is 0 Å². The Balaban J connectivity index is 1.17. The topological polar surface area (TPSA) is 75.4 Å². The van der Waals surface area contributed by atoms with Crippen molar-refractivity contribution >= 4 is 11.7 Å². The Bertz CT molecular complexity index is 1000. The molecule has 1 aliphatic heterocycles. The minimum absolute atomic E-state index is 0.185. The highest BCUT2D eigenvalue weighted by molar-refractivity contribution is 5.79. The highest BCUT2D eigenvalue weighted by atomic mass is 16.5. The summed E-state index contributed by atoms with van der Waals surface area (Å²) >= 11 is 0. The molecule has 0 spiro atoms. The summed E-state index contributed by atoms with van der Waals surface area (Å²) in [6.45, 7) is 2.98. The summed E-state index contributed by atoms with van der Waals surface area (Å²) in [7, 11) is 0. The SMILES string of the molecule is O=C(Cc1ccccc1)N1CCN(c2ccc(-c3noc(C4CCCC4)n3)cn2)CC1. The van der Waals surface area contributed by atoms with Gasteiger partial charge in [0.1, 0.15) is 5.82 Å². The fourth-order valence-electron chi connectivity index (χ4n) is 4.46. The van der Waals surface area contributed by atoms with E-state index < -0.39 is 0 Å². The van der Waals surface area contributed by atoms with Gasteiger partial charge < -0.3 is 14.3 Å². The van der Waals surface area contributed by atoms with Crippen LogP contribution in [0.4, 0.5) is 5.82 Å². The number of amides is 1. The van der Waals surface area contributed by atoms with Gasteiger partial charge in [0.05, 0.1) is 6.42 Å². The summed E-state index contributed by atoms with van der Waals surface area (Å²) < 4.78 is 5.49. The third-order valence-electron chi connectivity index (χ3n) is 6.31. The molecule has 1 aromatic carbocycles. The number of benzene rings is 1. The lowest BCUT2D eigenvalue weighted by atomic mass is 10.1. The fourth-order valence-corrected chi connectivity index (χ4v) is 4.46. The average molecular weight is 418 g/mol. The Kier molecular flexibility index (Phi) is 5.65. The molecule has 1 saturated heterocycles. The first-order chi connectivity index (χ1) is 15.3. The summed E-state index contributed by atoms with van der Waals surface area (Å²) in [4.78, 5) is 26.0. The second-order valence-electron chi connectivity index (χ2n) is 8.37. The number of aromatic nitrogens is 3. The number of carbonyl (C=O) groups excluding carboxylic acids is 1. The van der Waals surface area contributed by atoms with Crippen LogP contribution in [0.2, 0.25) is 0 Å². The molecule has 3 heterocycles. The van der Waals surface area contributed by atoms with Crippen LogP contribution in [-0.2, 0) is 11.2 Å². The maximum absolute atomic E-state index is 12.6. The van der Waals surface area contributed by atoms with Crippen molar-refractivity contribution in [2.75, 3.05) is 31.1 Å². The van der Waals surface area contributed by atoms with Gasteiger partial charge in [-0.3, -0.25) is 4.79 Å². The molecule has 0 bridgehead atoms. The van der Waals surface area contributed by atoms with Gasteiger partial charge in [-0.2, -0.15) is 4.98 Å². The molecule has 1 saturated carbocycles. The first-order valence-corrected chi connectivity index (χ1v) is 11.1. The van der Waals surface area contributed by atoms with E-state index in [2.05, 4.69) is 20.0 Å². The van der Waals surface area contributed by atoms with Crippen LogP contribution in [-0.4, -0.2) is 52.1 Å². The molecule has 2 aliphatic rings. The smallest absolute Gasteiger partial charge is 0.230 e. The number of hydrogen-bond donors (Lipinski definition) is 0. The quantitative estimate of drug-likeness (QED) is 0.630. The normalized spacial score (nSPS) is 17.3. The van der Waals surface area contributed by atoms with E-state index in [1.165, 1.54) is 12.8 Å². The molecule has 2 fully saturated rings. The van der Waals surface area contributed by atoms with Gasteiger partial charge in [-0.05, 0) is 30.5 Å². The Morgan fingerprint density at radius 3 is 2.48 bits per heavy atom. The molecule has 0 atom stereocenters. The van der Waals surface area contributed by atoms with Crippen molar-refractivity contribution in [2.45, 2.75) is 38.0 Å². The maximum atomic E-state index is 12.6. The van der Waals surface area contributed by atoms with E-state index >= 15 is 0 Å². The van der Waals surface area contributed by atoms with E-state index in [-0.39, 0.29) is 5.91 Å². The molecular weight excluding hydrogens is 390 g/mol. The van der Waals surface area contributed by atoms with Crippen LogP contribution in [0.15, 0.2) is 53.2 Å². The van der Waals surface area contributed by atoms with Gasteiger partial charge in [0.2, 0.25) is 17.6 Å². The molecule has 0 radical (unpaired) electrons. The zero-order valence-corrected chi connectivity index (χ0v) is 17.6. The van der Waals surface area contributed by atoms with Crippen molar-refractivity contribution in [1.29, 1.82) is 0 Å². The van der Waals surface area contributed by atoms with E-state index in [1.54, 1.807) is 0 Å². The second-order valence-corrected chi connectivity index (χ2v) is 8.37. The molecule has 1 amide bonds. The Labute approximate surface area is 182 Å². The van der Waals surface area contributed by atoms with Crippen LogP contribution in [0.1, 0.15) is 43.1 Å². The van der Waals surface area contributed by atoms with Gasteiger partial charge in [0.15, 0.2) is 0 Å². The molecular formula is C24H27N5O2. The van der Waals surface area contributed by atoms with Crippen molar-refractivity contribution in [2.24, 2.45) is 0 Å². The van der Waals surface area contributed by atoms with Gasteiger partial charge >= 0.3 is 0 Å². The first-order valence-electron chi connectivity index (χ1n) is 11.1. The average Bonchev–Trinajstić information content (AvgIpc) is 3.52. The van der Waals surface area contributed by atoms with Gasteiger partial charge in [0, 0.05) is 43.9 Å². The van der Waals surface area contributed by atoms with Gasteiger partial charge in [-0.1, -0.05) is 48.3 Å². The van der Waals surface area contributed by atoms with Crippen molar-refractivity contribution in [1.82, 2.24) is 20.0 Å². The van der Waals surface area contributed by atoms with E-state index in [4.69, 9.17) is 4.52 Å². The number of hydrogen-bond acceptors (Lipinski definition) is 6. The van der Waals surface area contributed by atoms with Crippen molar-refractivity contribution in [3.63, 3.8) is 0 Å². The van der Waals surface area contributed by atoms with E-state index in [9.17, 15) is 4.79 Å². The molecule has 5 rings (SSSR count). The lowest BCUT2D eigenvalue weighted by Crippen LogP contribution is -2.49. The number of anilines is 1. The lowest BCUT2D eigenvalue weighted by Gasteiger charge is -2.35. The monoisotopic (exact) mass is 417 g/mol. The molecule has 7 heteroatoms. The summed E-state index contributed by atoms with van der Waals surface area (Å²) in [5.41, 5.74) is 1.93. The molecule has 31 heavy (non-hydrogen) atoms. The number of rotatable bonds is 5. The zero-order valence-electron chi connectivity index (χ0n) is 17.6. The number of carbonyl (C=O) groups is 1. The van der Waals surface area contributed by atoms with Crippen LogP contribution in [0, 0.1) is 0 Å². The second kappa shape index (κ2) is 8.88. The molecule has 160 valence electrons. The predicted octanol–water partition coefficient (Wildman–Crippen LogP) is 3.68. The highest BCUT2D eigenvalue weighted by Crippen LogP contribution is 2.33. The fraction of sp³-hybridized carbons (Fsp3) is 0.417. The van der Waals surface area contributed by atoms with Crippen LogP contribution in [0.25, 0.3) is 11.4 Å². The van der Waals surface area contributed by atoms with Crippen LogP contribution in [0.5, 0.6) is 0 Å². The standard InChI is InChI=1S/C24H27N5O2/c30-22(16-18-6-2-1-3-7-18)29-14-12-28(13-15-29)21-11-10-20(17-25-21)23-26-24(31-27-23)19-8-4-5-9-19/h1-3,6-7,10-11,17,19H,4-5,8-9,12-16H2. The molecule has 7 nitrogen and oxygen atoms in total. The molecule has 3 aromatic rings. The van der Waals surface area contributed by atoms with Crippen LogP contribution in [0.3, 0.4) is 0 Å². The number of nitrogens with zero attached hydrogens (tertiary/aromatic N) is 5. The Morgan fingerprint density at radius 2 is 1.77 bits per heavy atom. The molecule has 0 N–H and O–H groups in total. The number of pyridine rings is 1. The third kappa shape index (κ3) is 4.45. The Morgan fingerprint density at radius 1 is 1.00 bits per heavy atom. The summed E-state index contributed by atoms with van der Waals surface area (Å²) in [5.74, 6) is 2.88. The summed E-state index contributed by atoms with van der Waals surface area (Å²) in [5, 5.41) is 4.15. The molecule has 0 unspecified atom stereocenters. The number of piperazine rings is 1. The van der Waals surface area contributed by atoms with Gasteiger partial charge in [-0.25, -0.2) is 4.98 Å². The maximum Gasteiger partial charge on any atom is 0.230 e. The molecule has 1 aliphatic carbocycles. The summed E-state index contributed by atoms with van der Waals surface area (Å²) in [6.07, 6.45) is 7.03. The Hall–Kier alpha value is -3.22. The van der Waals surface area contributed by atoms with Crippen LogP contribution < -0.4 is 4.90 Å². The summed E-state index contributed by atoms with van der Waals surface area (Å²) in [6, 6.07) is 13.9. The van der Waals surface area contributed by atoms with E-state index in [1.807, 2.05) is 53.6 Å². The van der Waals surface area contributed by atoms with Crippen molar-refractivity contribution in [3.8, 4) is 11.4 Å². The van der Waals surface area contributed by atoms with Gasteiger partial charge in [0.25, 0.3) is 0 Å². The molecule has 2 aromatic heterocycles. The first kappa shape index (κ1) is 19.7. The van der Waals surface area contributed by atoms with Crippen molar-refractivity contribution in [3.05, 3.63) is 60.1 Å². The minimum Gasteiger partial charge on any atom is -0.353 e. The zero-order chi connectivity index (χ0) is 21.0. The van der Waals surface area contributed by atoms with Gasteiger partial charge in [-0.15, -0.1) is 0 Å². The van der Waals surface area contributed by atoms with Crippen molar-refractivity contribution < 1.29 is 9.32 Å². The lowest BCUT2D eigenvalue weighted by molar-refractivity contribution is -0.130. The van der Waals surface area contributed by atoms with E-state index in [0.29, 0.717) is 31.3 Å². The van der Waals surface area contributed by atoms with E-state index in [0.717, 1.165) is 48.8 Å². The largest absolute Gasteiger partial charge is 0.353 e. The highest BCUT2D eigenvalue weighted by Gasteiger charge is 2.24. The minimum atomic E-state index is 0.185. The third-order valence-corrected chi connectivity index (χ3v) is 6.31.